The monoisotopic (exact) mass is 344 g/mol. The number of ether oxygens (including phenoxy) is 2. The number of methoxy groups -OCH3 is 1. The van der Waals surface area contributed by atoms with Gasteiger partial charge in [-0.25, -0.2) is 0 Å². The molecule has 0 saturated carbocycles. The Morgan fingerprint density at radius 2 is 2.16 bits per heavy atom. The lowest BCUT2D eigenvalue weighted by Crippen LogP contribution is -2.06. The Morgan fingerprint density at radius 1 is 1.32 bits per heavy atom. The highest BCUT2D eigenvalue weighted by molar-refractivity contribution is 9.10. The Hall–Kier alpha value is -0.690. The first kappa shape index (κ1) is 14.7. The number of H-pyrrole nitrogens is 1. The van der Waals surface area contributed by atoms with Gasteiger partial charge in [0.05, 0.1) is 24.2 Å². The fraction of sp³-hybridized carbons (Fsp3) is 0.462. The van der Waals surface area contributed by atoms with Gasteiger partial charge in [-0.1, -0.05) is 15.9 Å². The van der Waals surface area contributed by atoms with Crippen molar-refractivity contribution in [1.29, 1.82) is 0 Å². The highest BCUT2D eigenvalue weighted by atomic mass is 79.9. The molecule has 2 aromatic rings. The zero-order valence-electron chi connectivity index (χ0n) is 10.8. The van der Waals surface area contributed by atoms with Crippen molar-refractivity contribution in [2.75, 3.05) is 26.9 Å². The molecule has 0 unspecified atom stereocenters. The van der Waals surface area contributed by atoms with E-state index in [-0.39, 0.29) is 0 Å². The zero-order chi connectivity index (χ0) is 13.7. The predicted molar refractivity (Wildman–Crippen MR) is 82.1 cm³/mol. The number of fused-ring (bicyclic) bond motifs is 1. The van der Waals surface area contributed by atoms with Gasteiger partial charge in [0, 0.05) is 24.7 Å². The van der Waals surface area contributed by atoms with Gasteiger partial charge in [0.15, 0.2) is 4.77 Å². The molecule has 0 atom stereocenters. The minimum absolute atomic E-state index is 0.638. The van der Waals surface area contributed by atoms with E-state index < -0.39 is 0 Å². The van der Waals surface area contributed by atoms with Crippen LogP contribution in [0.1, 0.15) is 6.42 Å². The summed E-state index contributed by atoms with van der Waals surface area (Å²) in [6.07, 6.45) is 0.928. The van der Waals surface area contributed by atoms with Crippen LogP contribution in [0.2, 0.25) is 0 Å². The van der Waals surface area contributed by atoms with Crippen LogP contribution < -0.4 is 0 Å². The number of hydrogen-bond acceptors (Lipinski definition) is 3. The van der Waals surface area contributed by atoms with E-state index in [0.29, 0.717) is 19.8 Å². The summed E-state index contributed by atoms with van der Waals surface area (Å²) < 4.78 is 14.3. The van der Waals surface area contributed by atoms with Crippen LogP contribution in [0.3, 0.4) is 0 Å². The second-order valence-corrected chi connectivity index (χ2v) is 5.50. The molecule has 6 heteroatoms. The first-order valence-electron chi connectivity index (χ1n) is 6.17. The Balaban J connectivity index is 1.98. The lowest BCUT2D eigenvalue weighted by Gasteiger charge is -2.06. The Bertz CT molecular complexity index is 594. The number of aromatic amines is 1. The van der Waals surface area contributed by atoms with Crippen molar-refractivity contribution < 1.29 is 9.47 Å². The first-order valence-corrected chi connectivity index (χ1v) is 7.37. The highest BCUT2D eigenvalue weighted by Crippen LogP contribution is 2.19. The minimum Gasteiger partial charge on any atom is -0.382 e. The predicted octanol–water partition coefficient (Wildman–Crippen LogP) is 3.51. The van der Waals surface area contributed by atoms with Gasteiger partial charge in [-0.2, -0.15) is 0 Å². The fourth-order valence-electron chi connectivity index (χ4n) is 1.92. The molecule has 0 saturated heterocycles. The average Bonchev–Trinajstić information content (AvgIpc) is 2.69. The van der Waals surface area contributed by atoms with E-state index in [1.165, 1.54) is 0 Å². The van der Waals surface area contributed by atoms with Crippen molar-refractivity contribution in [2.24, 2.45) is 0 Å². The summed E-state index contributed by atoms with van der Waals surface area (Å²) in [7, 11) is 1.67. The SMILES string of the molecule is COCCOCCCn1c(=S)[nH]c2ccc(Br)cc21. The number of rotatable bonds is 7. The van der Waals surface area contributed by atoms with Crippen molar-refractivity contribution in [3.63, 3.8) is 0 Å². The Kier molecular flexibility index (Phi) is 5.57. The molecule has 2 rings (SSSR count). The summed E-state index contributed by atoms with van der Waals surface area (Å²) in [6.45, 7) is 2.84. The molecule has 1 heterocycles. The third-order valence-electron chi connectivity index (χ3n) is 2.84. The average molecular weight is 345 g/mol. The molecule has 1 aromatic heterocycles. The topological polar surface area (TPSA) is 39.2 Å². The molecule has 104 valence electrons. The van der Waals surface area contributed by atoms with Gasteiger partial charge in [0.2, 0.25) is 0 Å². The maximum Gasteiger partial charge on any atom is 0.178 e. The lowest BCUT2D eigenvalue weighted by atomic mass is 10.3. The van der Waals surface area contributed by atoms with Crippen LogP contribution in [0, 0.1) is 4.77 Å². The molecule has 0 aliphatic heterocycles. The molecule has 0 aliphatic carbocycles. The molecule has 0 bridgehead atoms. The summed E-state index contributed by atoms with van der Waals surface area (Å²) in [4.78, 5) is 3.21. The quantitative estimate of drug-likeness (QED) is 0.617. The normalized spacial score (nSPS) is 11.3. The standard InChI is InChI=1S/C13H17BrN2O2S/c1-17-7-8-18-6-2-5-16-12-9-10(14)3-4-11(12)15-13(16)19/h3-4,9H,2,5-8H2,1H3,(H,15,19). The van der Waals surface area contributed by atoms with Gasteiger partial charge in [0.25, 0.3) is 0 Å². The number of imidazole rings is 1. The van der Waals surface area contributed by atoms with Crippen LogP contribution >= 0.6 is 28.1 Å². The van der Waals surface area contributed by atoms with Gasteiger partial charge >= 0.3 is 0 Å². The number of aryl methyl sites for hydroxylation is 1. The van der Waals surface area contributed by atoms with E-state index in [4.69, 9.17) is 21.7 Å². The van der Waals surface area contributed by atoms with E-state index in [9.17, 15) is 0 Å². The maximum absolute atomic E-state index is 5.46. The number of hydrogen-bond donors (Lipinski definition) is 1. The van der Waals surface area contributed by atoms with E-state index in [2.05, 4.69) is 31.5 Å². The number of nitrogens with one attached hydrogen (secondary N) is 1. The summed E-state index contributed by atoms with van der Waals surface area (Å²) in [5.41, 5.74) is 2.18. The van der Waals surface area contributed by atoms with Gasteiger partial charge in [-0.15, -0.1) is 0 Å². The second kappa shape index (κ2) is 7.19. The van der Waals surface area contributed by atoms with E-state index >= 15 is 0 Å². The summed E-state index contributed by atoms with van der Waals surface area (Å²) in [5.74, 6) is 0. The van der Waals surface area contributed by atoms with Crippen LogP contribution in [-0.4, -0.2) is 36.5 Å². The number of aromatic nitrogens is 2. The van der Waals surface area contributed by atoms with Crippen LogP contribution in [0.15, 0.2) is 22.7 Å². The molecule has 1 N–H and O–H groups in total. The fourth-order valence-corrected chi connectivity index (χ4v) is 2.57. The molecule has 0 aliphatic rings. The Morgan fingerprint density at radius 3 is 2.95 bits per heavy atom. The largest absolute Gasteiger partial charge is 0.382 e. The summed E-state index contributed by atoms with van der Waals surface area (Å²) in [6, 6.07) is 6.11. The number of halogens is 1. The van der Waals surface area contributed by atoms with Crippen molar-refractivity contribution >= 4 is 39.2 Å². The van der Waals surface area contributed by atoms with Crippen LogP contribution in [0.25, 0.3) is 11.0 Å². The van der Waals surface area contributed by atoms with E-state index in [0.717, 1.165) is 33.2 Å². The molecule has 19 heavy (non-hydrogen) atoms. The van der Waals surface area contributed by atoms with Crippen LogP contribution in [0.4, 0.5) is 0 Å². The van der Waals surface area contributed by atoms with Crippen molar-refractivity contribution in [2.45, 2.75) is 13.0 Å². The number of benzene rings is 1. The van der Waals surface area contributed by atoms with E-state index in [1.807, 2.05) is 12.1 Å². The highest BCUT2D eigenvalue weighted by Gasteiger charge is 2.04. The zero-order valence-corrected chi connectivity index (χ0v) is 13.2. The third kappa shape index (κ3) is 3.89. The van der Waals surface area contributed by atoms with Crippen LogP contribution in [-0.2, 0) is 16.0 Å². The van der Waals surface area contributed by atoms with Gasteiger partial charge in [-0.05, 0) is 36.8 Å². The first-order chi connectivity index (χ1) is 9.22. The molecule has 0 spiro atoms. The number of nitrogens with zero attached hydrogens (tertiary/aromatic N) is 1. The van der Waals surface area contributed by atoms with Crippen molar-refractivity contribution in [3.8, 4) is 0 Å². The van der Waals surface area contributed by atoms with Crippen molar-refractivity contribution in [3.05, 3.63) is 27.4 Å². The molecular weight excluding hydrogens is 328 g/mol. The molecule has 0 amide bonds. The molecule has 1 aromatic carbocycles. The van der Waals surface area contributed by atoms with Gasteiger partial charge in [0.1, 0.15) is 0 Å². The van der Waals surface area contributed by atoms with Crippen LogP contribution in [0.5, 0.6) is 0 Å². The maximum atomic E-state index is 5.46. The minimum atomic E-state index is 0.638. The molecular formula is C13H17BrN2O2S. The van der Waals surface area contributed by atoms with Crippen molar-refractivity contribution in [1.82, 2.24) is 9.55 Å². The van der Waals surface area contributed by atoms with Gasteiger partial charge < -0.3 is 19.0 Å². The second-order valence-electron chi connectivity index (χ2n) is 4.20. The van der Waals surface area contributed by atoms with E-state index in [1.54, 1.807) is 7.11 Å². The van der Waals surface area contributed by atoms with Gasteiger partial charge in [-0.3, -0.25) is 0 Å². The Labute approximate surface area is 125 Å². The summed E-state index contributed by atoms with van der Waals surface area (Å²) >= 11 is 8.83. The molecule has 0 fully saturated rings. The molecule has 0 radical (unpaired) electrons. The third-order valence-corrected chi connectivity index (χ3v) is 3.66. The summed E-state index contributed by atoms with van der Waals surface area (Å²) in [5, 5.41) is 0. The molecule has 4 nitrogen and oxygen atoms in total. The smallest absolute Gasteiger partial charge is 0.178 e. The lowest BCUT2D eigenvalue weighted by molar-refractivity contribution is 0.0681.